The Balaban J connectivity index is 1.37. The molecular weight excluding hydrogens is 564 g/mol. The molecule has 38 heavy (non-hydrogen) atoms. The molecule has 192 valence electrons. The number of thiazole rings is 1. The van der Waals surface area contributed by atoms with E-state index in [9.17, 15) is 14.9 Å². The summed E-state index contributed by atoms with van der Waals surface area (Å²) in [5.41, 5.74) is 2.82. The van der Waals surface area contributed by atoms with Crippen molar-refractivity contribution in [3.63, 3.8) is 0 Å². The molecule has 0 spiro atoms. The summed E-state index contributed by atoms with van der Waals surface area (Å²) < 4.78 is 7.17. The Labute approximate surface area is 235 Å². The number of halogens is 1. The third kappa shape index (κ3) is 5.86. The minimum atomic E-state index is -0.430. The number of amidine groups is 1. The van der Waals surface area contributed by atoms with E-state index in [0.717, 1.165) is 33.3 Å². The van der Waals surface area contributed by atoms with Gasteiger partial charge in [0.1, 0.15) is 5.75 Å². The van der Waals surface area contributed by atoms with Crippen LogP contribution < -0.4 is 10.1 Å². The minimum absolute atomic E-state index is 0.0646. The van der Waals surface area contributed by atoms with Crippen LogP contribution in [0, 0.1) is 17.0 Å². The van der Waals surface area contributed by atoms with Crippen molar-refractivity contribution in [1.82, 2.24) is 10.3 Å². The fourth-order valence-electron chi connectivity index (χ4n) is 3.53. The zero-order valence-electron chi connectivity index (χ0n) is 20.1. The molecule has 0 aliphatic carbocycles. The van der Waals surface area contributed by atoms with E-state index in [-0.39, 0.29) is 11.6 Å². The number of nitrogens with zero attached hydrogens (tertiary/aromatic N) is 3. The molecule has 0 unspecified atom stereocenters. The van der Waals surface area contributed by atoms with E-state index in [0.29, 0.717) is 42.2 Å². The second-order valence-electron chi connectivity index (χ2n) is 8.04. The molecule has 0 radical (unpaired) electrons. The molecule has 4 aromatic rings. The van der Waals surface area contributed by atoms with Crippen LogP contribution in [0.4, 0.5) is 11.4 Å². The molecule has 1 amide bonds. The fourth-order valence-corrected chi connectivity index (χ4v) is 6.69. The van der Waals surface area contributed by atoms with Gasteiger partial charge >= 0.3 is 0 Å². The number of aliphatic imine (C=N–C) groups is 1. The summed E-state index contributed by atoms with van der Waals surface area (Å²) >= 11 is 10.0. The van der Waals surface area contributed by atoms with Crippen molar-refractivity contribution in [3.05, 3.63) is 85.8 Å². The summed E-state index contributed by atoms with van der Waals surface area (Å²) in [6.07, 6.45) is 1.61. The highest BCUT2D eigenvalue weighted by molar-refractivity contribution is 8.18. The number of ether oxygens (including phenoxy) is 1. The summed E-state index contributed by atoms with van der Waals surface area (Å²) in [6, 6.07) is 15.9. The minimum Gasteiger partial charge on any atom is -0.494 e. The SMILES string of the molecule is CCOc1ccc2nc(Sc3ccc(/C=C4\SC(=Nc5ccc(C)c(Cl)c5)NC4=O)cc3[N+](=O)[O-])sc2c1. The number of nitrogens with one attached hydrogen (secondary N) is 1. The molecule has 3 aromatic carbocycles. The summed E-state index contributed by atoms with van der Waals surface area (Å²) in [4.78, 5) is 33.8. The van der Waals surface area contributed by atoms with Crippen molar-refractivity contribution in [2.24, 2.45) is 4.99 Å². The number of hydrogen-bond acceptors (Lipinski definition) is 9. The molecule has 12 heteroatoms. The first-order valence-electron chi connectivity index (χ1n) is 11.3. The molecule has 0 bridgehead atoms. The zero-order valence-corrected chi connectivity index (χ0v) is 23.3. The van der Waals surface area contributed by atoms with Crippen LogP contribution in [0.2, 0.25) is 5.02 Å². The third-order valence-corrected chi connectivity index (χ3v) is 8.82. The highest BCUT2D eigenvalue weighted by Crippen LogP contribution is 2.40. The monoisotopic (exact) mass is 582 g/mol. The van der Waals surface area contributed by atoms with Crippen molar-refractivity contribution in [1.29, 1.82) is 0 Å². The van der Waals surface area contributed by atoms with Gasteiger partial charge in [-0.1, -0.05) is 35.5 Å². The molecule has 1 fully saturated rings. The van der Waals surface area contributed by atoms with Crippen LogP contribution in [0.15, 0.2) is 73.7 Å². The highest BCUT2D eigenvalue weighted by atomic mass is 35.5. The van der Waals surface area contributed by atoms with Crippen molar-refractivity contribution in [2.75, 3.05) is 6.61 Å². The van der Waals surface area contributed by atoms with E-state index < -0.39 is 4.92 Å². The summed E-state index contributed by atoms with van der Waals surface area (Å²) in [5.74, 6) is 0.433. The van der Waals surface area contributed by atoms with Gasteiger partial charge in [-0.25, -0.2) is 9.98 Å². The molecule has 0 saturated carbocycles. The summed E-state index contributed by atoms with van der Waals surface area (Å²) in [5, 5.41) is 15.6. The number of amides is 1. The van der Waals surface area contributed by atoms with Gasteiger partial charge in [-0.2, -0.15) is 0 Å². The maximum Gasteiger partial charge on any atom is 0.283 e. The number of nitro benzene ring substituents is 1. The van der Waals surface area contributed by atoms with Gasteiger partial charge in [0.15, 0.2) is 9.51 Å². The Kier molecular flexibility index (Phi) is 7.70. The number of benzene rings is 3. The van der Waals surface area contributed by atoms with E-state index in [1.807, 2.05) is 44.2 Å². The second kappa shape index (κ2) is 11.2. The molecular formula is C26H19ClN4O4S3. The van der Waals surface area contributed by atoms with Gasteiger partial charge in [0.2, 0.25) is 0 Å². The number of carbonyl (C=O) groups excluding carboxylic acids is 1. The maximum atomic E-state index is 12.5. The highest BCUT2D eigenvalue weighted by Gasteiger charge is 2.25. The van der Waals surface area contributed by atoms with Crippen LogP contribution in [0.3, 0.4) is 0 Å². The van der Waals surface area contributed by atoms with E-state index in [1.165, 1.54) is 29.2 Å². The molecule has 1 saturated heterocycles. The predicted molar refractivity (Wildman–Crippen MR) is 155 cm³/mol. The van der Waals surface area contributed by atoms with Gasteiger partial charge in [-0.15, -0.1) is 11.3 Å². The first-order valence-corrected chi connectivity index (χ1v) is 14.2. The first-order chi connectivity index (χ1) is 18.3. The lowest BCUT2D eigenvalue weighted by molar-refractivity contribution is -0.387. The van der Waals surface area contributed by atoms with Crippen molar-refractivity contribution < 1.29 is 14.5 Å². The van der Waals surface area contributed by atoms with E-state index >= 15 is 0 Å². The number of rotatable bonds is 7. The number of thioether (sulfide) groups is 1. The molecule has 5 rings (SSSR count). The van der Waals surface area contributed by atoms with E-state index in [4.69, 9.17) is 16.3 Å². The Morgan fingerprint density at radius 2 is 2.05 bits per heavy atom. The topological polar surface area (TPSA) is 107 Å². The fraction of sp³-hybridized carbons (Fsp3) is 0.115. The lowest BCUT2D eigenvalue weighted by Gasteiger charge is -2.02. The maximum absolute atomic E-state index is 12.5. The molecule has 1 aliphatic heterocycles. The van der Waals surface area contributed by atoms with Gasteiger partial charge in [0.25, 0.3) is 11.6 Å². The molecule has 1 N–H and O–H groups in total. The van der Waals surface area contributed by atoms with Crippen molar-refractivity contribution in [2.45, 2.75) is 23.1 Å². The van der Waals surface area contributed by atoms with Gasteiger partial charge < -0.3 is 10.1 Å². The van der Waals surface area contributed by atoms with Gasteiger partial charge in [0.05, 0.1) is 37.2 Å². The standard InChI is InChI=1S/C26H19ClN4O4S3/c1-3-35-17-7-8-19-22(13-17)38-26(29-19)37-21-9-5-15(10-20(21)31(33)34)11-23-24(32)30-25(36-23)28-16-6-4-14(2)18(27)12-16/h4-13H,3H2,1-2H3,(H,28,30,32)/b23-11-. The van der Waals surface area contributed by atoms with Crippen molar-refractivity contribution in [3.8, 4) is 5.75 Å². The van der Waals surface area contributed by atoms with Gasteiger partial charge in [-0.05, 0) is 79.2 Å². The van der Waals surface area contributed by atoms with Crippen LogP contribution in [-0.4, -0.2) is 27.6 Å². The van der Waals surface area contributed by atoms with Gasteiger partial charge in [0, 0.05) is 11.1 Å². The molecule has 1 aromatic heterocycles. The van der Waals surface area contributed by atoms with Crippen LogP contribution in [-0.2, 0) is 4.79 Å². The van der Waals surface area contributed by atoms with Gasteiger partial charge in [-0.3, -0.25) is 14.9 Å². The number of nitro groups is 1. The van der Waals surface area contributed by atoms with E-state index in [1.54, 1.807) is 24.3 Å². The predicted octanol–water partition coefficient (Wildman–Crippen LogP) is 7.61. The average molecular weight is 583 g/mol. The number of hydrogen-bond donors (Lipinski definition) is 1. The zero-order chi connectivity index (χ0) is 26.8. The Morgan fingerprint density at radius 3 is 2.82 bits per heavy atom. The van der Waals surface area contributed by atoms with Crippen LogP contribution >= 0.6 is 46.5 Å². The van der Waals surface area contributed by atoms with E-state index in [2.05, 4.69) is 15.3 Å². The third-order valence-electron chi connectivity index (χ3n) is 5.36. The average Bonchev–Trinajstić information content (AvgIpc) is 3.44. The van der Waals surface area contributed by atoms with Crippen LogP contribution in [0.25, 0.3) is 16.3 Å². The number of aryl methyl sites for hydroxylation is 1. The lowest BCUT2D eigenvalue weighted by Crippen LogP contribution is -2.19. The molecule has 8 nitrogen and oxygen atoms in total. The molecule has 0 atom stereocenters. The summed E-state index contributed by atoms with van der Waals surface area (Å²) in [7, 11) is 0. The quantitative estimate of drug-likeness (QED) is 0.136. The number of carbonyl (C=O) groups is 1. The number of fused-ring (bicyclic) bond motifs is 1. The number of aromatic nitrogens is 1. The smallest absolute Gasteiger partial charge is 0.283 e. The van der Waals surface area contributed by atoms with Crippen LogP contribution in [0.1, 0.15) is 18.1 Å². The summed E-state index contributed by atoms with van der Waals surface area (Å²) in [6.45, 7) is 4.38. The lowest BCUT2D eigenvalue weighted by atomic mass is 10.2. The normalized spacial score (nSPS) is 15.4. The Morgan fingerprint density at radius 1 is 1.21 bits per heavy atom. The first kappa shape index (κ1) is 26.2. The molecule has 1 aliphatic rings. The van der Waals surface area contributed by atoms with Crippen LogP contribution in [0.5, 0.6) is 5.75 Å². The Bertz CT molecular complexity index is 1650. The Hall–Kier alpha value is -3.38. The van der Waals surface area contributed by atoms with Crippen molar-refractivity contribution >= 4 is 85.2 Å². The second-order valence-corrected chi connectivity index (χ2v) is 11.8. The molecule has 2 heterocycles. The largest absolute Gasteiger partial charge is 0.494 e.